The second-order valence-electron chi connectivity index (χ2n) is 6.92. The first-order valence-electron chi connectivity index (χ1n) is 8.98. The lowest BCUT2D eigenvalue weighted by Gasteiger charge is -2.34. The summed E-state index contributed by atoms with van der Waals surface area (Å²) in [5, 5.41) is 0. The highest BCUT2D eigenvalue weighted by atomic mass is 19.1. The van der Waals surface area contributed by atoms with E-state index in [0.717, 1.165) is 18.4 Å². The lowest BCUT2D eigenvalue weighted by atomic mass is 9.95. The van der Waals surface area contributed by atoms with E-state index in [4.69, 9.17) is 0 Å². The normalized spacial score (nSPS) is 16.9. The van der Waals surface area contributed by atoms with Crippen LogP contribution in [0.1, 0.15) is 28.8 Å². The maximum absolute atomic E-state index is 13.1. The van der Waals surface area contributed by atoms with Crippen molar-refractivity contribution in [2.75, 3.05) is 20.1 Å². The van der Waals surface area contributed by atoms with Crippen molar-refractivity contribution in [3.63, 3.8) is 0 Å². The lowest BCUT2D eigenvalue weighted by Crippen LogP contribution is -2.45. The van der Waals surface area contributed by atoms with E-state index in [1.54, 1.807) is 29.0 Å². The third kappa shape index (κ3) is 4.70. The summed E-state index contributed by atoms with van der Waals surface area (Å²) in [6.45, 7) is 1.33. The van der Waals surface area contributed by atoms with E-state index in [1.165, 1.54) is 36.4 Å². The fraction of sp³-hybridized carbons (Fsp3) is 0.333. The minimum atomic E-state index is -0.388. The monoisotopic (exact) mass is 372 g/mol. The number of hydrogen-bond acceptors (Lipinski definition) is 2. The number of carbonyl (C=O) groups excluding carboxylic acids is 2. The number of amides is 2. The molecule has 1 atom stereocenters. The Morgan fingerprint density at radius 1 is 1.04 bits per heavy atom. The average Bonchev–Trinajstić information content (AvgIpc) is 2.69. The number of rotatable bonds is 4. The first kappa shape index (κ1) is 19.0. The molecule has 3 rings (SSSR count). The van der Waals surface area contributed by atoms with Crippen LogP contribution in [0.2, 0.25) is 0 Å². The van der Waals surface area contributed by atoms with Gasteiger partial charge in [-0.1, -0.05) is 12.1 Å². The molecule has 1 aliphatic rings. The van der Waals surface area contributed by atoms with Gasteiger partial charge in [0.25, 0.3) is 5.91 Å². The Morgan fingerprint density at radius 2 is 1.63 bits per heavy atom. The number of benzene rings is 2. The van der Waals surface area contributed by atoms with Gasteiger partial charge in [0.1, 0.15) is 11.6 Å². The Labute approximate surface area is 157 Å². The van der Waals surface area contributed by atoms with E-state index >= 15 is 0 Å². The van der Waals surface area contributed by atoms with Gasteiger partial charge in [0.2, 0.25) is 5.91 Å². The van der Waals surface area contributed by atoms with Crippen molar-refractivity contribution in [1.82, 2.24) is 9.80 Å². The molecule has 1 aliphatic heterocycles. The number of carbonyl (C=O) groups is 2. The van der Waals surface area contributed by atoms with E-state index < -0.39 is 0 Å². The third-order valence-electron chi connectivity index (χ3n) is 4.86. The Morgan fingerprint density at radius 3 is 2.26 bits per heavy atom. The van der Waals surface area contributed by atoms with Gasteiger partial charge in [-0.2, -0.15) is 0 Å². The Balaban J connectivity index is 1.62. The predicted molar refractivity (Wildman–Crippen MR) is 97.9 cm³/mol. The second-order valence-corrected chi connectivity index (χ2v) is 6.92. The molecule has 4 nitrogen and oxygen atoms in total. The SMILES string of the molecule is CN(Cc1ccc(F)cc1)C(=O)C1CCCN(C(=O)c2ccc(F)cc2)C1. The zero-order valence-electron chi connectivity index (χ0n) is 15.2. The van der Waals surface area contributed by atoms with Crippen molar-refractivity contribution in [2.45, 2.75) is 19.4 Å². The summed E-state index contributed by atoms with van der Waals surface area (Å²) >= 11 is 0. The molecular formula is C21H22F2N2O2. The van der Waals surface area contributed by atoms with E-state index in [0.29, 0.717) is 25.2 Å². The number of piperidine rings is 1. The maximum atomic E-state index is 13.1. The molecule has 0 bridgehead atoms. The summed E-state index contributed by atoms with van der Waals surface area (Å²) in [6.07, 6.45) is 1.47. The van der Waals surface area contributed by atoms with Crippen LogP contribution in [-0.2, 0) is 11.3 Å². The van der Waals surface area contributed by atoms with Crippen molar-refractivity contribution in [1.29, 1.82) is 0 Å². The summed E-state index contributed by atoms with van der Waals surface area (Å²) in [7, 11) is 1.71. The fourth-order valence-corrected chi connectivity index (χ4v) is 3.39. The molecule has 2 aromatic rings. The van der Waals surface area contributed by atoms with Crippen LogP contribution in [0.15, 0.2) is 48.5 Å². The van der Waals surface area contributed by atoms with Crippen molar-refractivity contribution < 1.29 is 18.4 Å². The summed E-state index contributed by atoms with van der Waals surface area (Å²) in [5.41, 5.74) is 1.27. The molecule has 1 saturated heterocycles. The Hall–Kier alpha value is -2.76. The van der Waals surface area contributed by atoms with Gasteiger partial charge in [-0.15, -0.1) is 0 Å². The van der Waals surface area contributed by atoms with Crippen molar-refractivity contribution in [2.24, 2.45) is 5.92 Å². The molecule has 0 aliphatic carbocycles. The van der Waals surface area contributed by atoms with Gasteiger partial charge in [0.15, 0.2) is 0 Å². The Kier molecular flexibility index (Phi) is 5.84. The molecule has 0 aromatic heterocycles. The molecule has 2 aromatic carbocycles. The highest BCUT2D eigenvalue weighted by Gasteiger charge is 2.30. The van der Waals surface area contributed by atoms with Crippen LogP contribution in [0.25, 0.3) is 0 Å². The van der Waals surface area contributed by atoms with Gasteiger partial charge in [-0.3, -0.25) is 9.59 Å². The number of hydrogen-bond donors (Lipinski definition) is 0. The van der Waals surface area contributed by atoms with Gasteiger partial charge in [0.05, 0.1) is 5.92 Å². The van der Waals surface area contributed by atoms with Crippen molar-refractivity contribution in [3.05, 3.63) is 71.3 Å². The first-order chi connectivity index (χ1) is 12.9. The quantitative estimate of drug-likeness (QED) is 0.825. The van der Waals surface area contributed by atoms with E-state index in [9.17, 15) is 18.4 Å². The summed E-state index contributed by atoms with van der Waals surface area (Å²) in [5.74, 6) is -1.19. The third-order valence-corrected chi connectivity index (χ3v) is 4.86. The molecule has 27 heavy (non-hydrogen) atoms. The maximum Gasteiger partial charge on any atom is 0.253 e. The van der Waals surface area contributed by atoms with Crippen molar-refractivity contribution >= 4 is 11.8 Å². The topological polar surface area (TPSA) is 40.6 Å². The molecule has 0 saturated carbocycles. The highest BCUT2D eigenvalue weighted by molar-refractivity contribution is 5.94. The van der Waals surface area contributed by atoms with Crippen LogP contribution in [0, 0.1) is 17.6 Å². The van der Waals surface area contributed by atoms with Crippen LogP contribution < -0.4 is 0 Å². The summed E-state index contributed by atoms with van der Waals surface area (Å²) in [4.78, 5) is 28.7. The number of halogens is 2. The molecular weight excluding hydrogens is 350 g/mol. The Bertz CT molecular complexity index is 806. The van der Waals surface area contributed by atoms with Crippen LogP contribution in [0.4, 0.5) is 8.78 Å². The lowest BCUT2D eigenvalue weighted by molar-refractivity contribution is -0.136. The summed E-state index contributed by atoms with van der Waals surface area (Å²) in [6, 6.07) is 11.5. The molecule has 0 spiro atoms. The zero-order chi connectivity index (χ0) is 19.4. The van der Waals surface area contributed by atoms with Crippen LogP contribution in [0.3, 0.4) is 0 Å². The zero-order valence-corrected chi connectivity index (χ0v) is 15.2. The molecule has 0 N–H and O–H groups in total. The van der Waals surface area contributed by atoms with Crippen molar-refractivity contribution in [3.8, 4) is 0 Å². The van der Waals surface area contributed by atoms with Crippen LogP contribution in [-0.4, -0.2) is 41.8 Å². The molecule has 1 fully saturated rings. The molecule has 2 amide bonds. The highest BCUT2D eigenvalue weighted by Crippen LogP contribution is 2.21. The largest absolute Gasteiger partial charge is 0.341 e. The fourth-order valence-electron chi connectivity index (χ4n) is 3.39. The minimum absolute atomic E-state index is 0.0315. The molecule has 6 heteroatoms. The van der Waals surface area contributed by atoms with Gasteiger partial charge in [-0.05, 0) is 54.8 Å². The number of likely N-dealkylation sites (tertiary alicyclic amines) is 1. The van der Waals surface area contributed by atoms with E-state index in [2.05, 4.69) is 0 Å². The smallest absolute Gasteiger partial charge is 0.253 e. The van der Waals surface area contributed by atoms with E-state index in [1.807, 2.05) is 0 Å². The first-order valence-corrected chi connectivity index (χ1v) is 8.98. The molecule has 1 heterocycles. The average molecular weight is 372 g/mol. The van der Waals surface area contributed by atoms with Crippen LogP contribution >= 0.6 is 0 Å². The van der Waals surface area contributed by atoms with Gasteiger partial charge in [-0.25, -0.2) is 8.78 Å². The molecule has 0 radical (unpaired) electrons. The molecule has 142 valence electrons. The standard InChI is InChI=1S/C21H22F2N2O2/c1-24(13-15-4-8-18(22)9-5-15)20(26)17-3-2-12-25(14-17)21(27)16-6-10-19(23)11-7-16/h4-11,17H,2-3,12-14H2,1H3. The van der Waals surface area contributed by atoms with Crippen LogP contribution in [0.5, 0.6) is 0 Å². The molecule has 1 unspecified atom stereocenters. The van der Waals surface area contributed by atoms with Gasteiger partial charge < -0.3 is 9.80 Å². The van der Waals surface area contributed by atoms with Gasteiger partial charge >= 0.3 is 0 Å². The predicted octanol–water partition coefficient (Wildman–Crippen LogP) is 3.48. The summed E-state index contributed by atoms with van der Waals surface area (Å²) < 4.78 is 26.1. The van der Waals surface area contributed by atoms with E-state index in [-0.39, 0.29) is 29.4 Å². The second kappa shape index (κ2) is 8.29. The number of nitrogens with zero attached hydrogens (tertiary/aromatic N) is 2. The van der Waals surface area contributed by atoms with Gasteiger partial charge in [0, 0.05) is 32.2 Å². The minimum Gasteiger partial charge on any atom is -0.341 e.